The lowest BCUT2D eigenvalue weighted by atomic mass is 9.77. The van der Waals surface area contributed by atoms with Crippen molar-refractivity contribution in [2.45, 2.75) is 53.8 Å². The average Bonchev–Trinajstić information content (AvgIpc) is 2.50. The first-order valence-corrected chi connectivity index (χ1v) is 8.58. The number of ether oxygens (including phenoxy) is 3. The summed E-state index contributed by atoms with van der Waals surface area (Å²) in [6.45, 7) is 15.3. The maximum Gasteiger partial charge on any atom is 0.404 e. The summed E-state index contributed by atoms with van der Waals surface area (Å²) in [7, 11) is 0. The normalized spacial score (nSPS) is 14.8. The van der Waals surface area contributed by atoms with Crippen LogP contribution in [0.2, 0.25) is 0 Å². The number of carbonyl (C=O) groups is 4. The van der Waals surface area contributed by atoms with Crippen LogP contribution in [-0.4, -0.2) is 36.7 Å². The van der Waals surface area contributed by atoms with Crippen LogP contribution in [0.1, 0.15) is 47.5 Å². The highest BCUT2D eigenvalue weighted by Gasteiger charge is 2.25. The SMILES string of the molecule is C=C(C)C(=O)OC(COC(N)=O)OC(=O)C(=C)C.CC1=CC(=O)CC(C)(C)C1. The first-order valence-electron chi connectivity index (χ1n) is 8.58. The van der Waals surface area contributed by atoms with Gasteiger partial charge in [0, 0.05) is 17.6 Å². The van der Waals surface area contributed by atoms with E-state index >= 15 is 0 Å². The minimum Gasteiger partial charge on any atom is -0.442 e. The zero-order valence-corrected chi connectivity index (χ0v) is 17.1. The Morgan fingerprint density at radius 1 is 1.11 bits per heavy atom. The number of nitrogens with two attached hydrogens (primary N) is 1. The molecule has 156 valence electrons. The lowest BCUT2D eigenvalue weighted by Crippen LogP contribution is -2.31. The van der Waals surface area contributed by atoms with Crippen LogP contribution < -0.4 is 5.73 Å². The Balaban J connectivity index is 0.000000609. The van der Waals surface area contributed by atoms with Gasteiger partial charge in [-0.3, -0.25) is 4.79 Å². The third-order valence-electron chi connectivity index (χ3n) is 3.35. The minimum absolute atomic E-state index is 0.102. The van der Waals surface area contributed by atoms with Gasteiger partial charge in [0.2, 0.25) is 0 Å². The Kier molecular flexibility index (Phi) is 9.91. The average molecular weight is 395 g/mol. The summed E-state index contributed by atoms with van der Waals surface area (Å²) < 4.78 is 13.8. The van der Waals surface area contributed by atoms with Gasteiger partial charge in [-0.05, 0) is 38.7 Å². The van der Waals surface area contributed by atoms with E-state index in [0.717, 1.165) is 6.42 Å². The van der Waals surface area contributed by atoms with Crippen molar-refractivity contribution < 1.29 is 33.4 Å². The molecule has 0 heterocycles. The number of rotatable bonds is 6. The lowest BCUT2D eigenvalue weighted by molar-refractivity contribution is -0.188. The van der Waals surface area contributed by atoms with Crippen molar-refractivity contribution in [1.29, 1.82) is 0 Å². The van der Waals surface area contributed by atoms with E-state index in [1.54, 1.807) is 6.08 Å². The molecule has 0 aromatic carbocycles. The van der Waals surface area contributed by atoms with Crippen LogP contribution in [0.15, 0.2) is 36.0 Å². The largest absolute Gasteiger partial charge is 0.442 e. The predicted octanol–water partition coefficient (Wildman–Crippen LogP) is 2.97. The van der Waals surface area contributed by atoms with Crippen LogP contribution in [0, 0.1) is 5.41 Å². The topological polar surface area (TPSA) is 122 Å². The number of carbonyl (C=O) groups excluding carboxylic acids is 4. The van der Waals surface area contributed by atoms with Crippen LogP contribution in [-0.2, 0) is 28.6 Å². The van der Waals surface area contributed by atoms with Gasteiger partial charge in [0.25, 0.3) is 6.29 Å². The highest BCUT2D eigenvalue weighted by atomic mass is 16.7. The molecule has 1 aliphatic rings. The van der Waals surface area contributed by atoms with E-state index in [2.05, 4.69) is 31.7 Å². The van der Waals surface area contributed by atoms with Crippen molar-refractivity contribution in [3.05, 3.63) is 36.0 Å². The highest BCUT2D eigenvalue weighted by Crippen LogP contribution is 2.32. The second kappa shape index (κ2) is 11.1. The van der Waals surface area contributed by atoms with Gasteiger partial charge in [-0.2, -0.15) is 0 Å². The van der Waals surface area contributed by atoms with E-state index in [-0.39, 0.29) is 22.3 Å². The summed E-state index contributed by atoms with van der Waals surface area (Å²) in [5, 5.41) is 0. The van der Waals surface area contributed by atoms with E-state index in [0.29, 0.717) is 6.42 Å². The zero-order valence-electron chi connectivity index (χ0n) is 17.1. The van der Waals surface area contributed by atoms with Crippen molar-refractivity contribution in [1.82, 2.24) is 0 Å². The molecule has 0 fully saturated rings. The molecule has 0 aromatic rings. The molecule has 8 heteroatoms. The second-order valence-electron chi connectivity index (χ2n) is 7.41. The first kappa shape index (κ1) is 25.1. The molecule has 2 N–H and O–H groups in total. The Hall–Kier alpha value is -2.90. The van der Waals surface area contributed by atoms with Gasteiger partial charge < -0.3 is 19.9 Å². The fourth-order valence-corrected chi connectivity index (χ4v) is 2.35. The molecule has 0 unspecified atom stereocenters. The summed E-state index contributed by atoms with van der Waals surface area (Å²) >= 11 is 0. The third kappa shape index (κ3) is 10.9. The second-order valence-corrected chi connectivity index (χ2v) is 7.41. The molecule has 1 amide bonds. The zero-order chi connectivity index (χ0) is 22.1. The van der Waals surface area contributed by atoms with Gasteiger partial charge in [-0.15, -0.1) is 0 Å². The summed E-state index contributed by atoms with van der Waals surface area (Å²) in [4.78, 5) is 43.9. The van der Waals surface area contributed by atoms with E-state index < -0.39 is 30.9 Å². The van der Waals surface area contributed by atoms with Crippen LogP contribution >= 0.6 is 0 Å². The Labute approximate surface area is 165 Å². The molecule has 0 radical (unpaired) electrons. The van der Waals surface area contributed by atoms with Crippen LogP contribution in [0.25, 0.3) is 0 Å². The van der Waals surface area contributed by atoms with Gasteiger partial charge in [0.15, 0.2) is 12.4 Å². The first-order chi connectivity index (χ1) is 12.7. The number of ketones is 1. The fourth-order valence-electron chi connectivity index (χ4n) is 2.35. The van der Waals surface area contributed by atoms with Crippen molar-refractivity contribution in [3.63, 3.8) is 0 Å². The predicted molar refractivity (Wildman–Crippen MR) is 103 cm³/mol. The molecule has 1 rings (SSSR count). The van der Waals surface area contributed by atoms with E-state index in [1.165, 1.54) is 19.4 Å². The molecular weight excluding hydrogens is 366 g/mol. The van der Waals surface area contributed by atoms with Crippen molar-refractivity contribution in [3.8, 4) is 0 Å². The quantitative estimate of drug-likeness (QED) is 0.417. The summed E-state index contributed by atoms with van der Waals surface area (Å²) in [5.41, 5.74) is 6.38. The number of hydrogen-bond donors (Lipinski definition) is 1. The van der Waals surface area contributed by atoms with Gasteiger partial charge in [0.1, 0.15) is 0 Å². The van der Waals surface area contributed by atoms with Gasteiger partial charge >= 0.3 is 18.0 Å². The molecule has 0 aromatic heterocycles. The highest BCUT2D eigenvalue weighted by molar-refractivity contribution is 5.91. The van der Waals surface area contributed by atoms with E-state index in [1.807, 2.05) is 6.92 Å². The van der Waals surface area contributed by atoms with E-state index in [9.17, 15) is 19.2 Å². The monoisotopic (exact) mass is 395 g/mol. The maximum atomic E-state index is 11.2. The number of hydrogen-bond acceptors (Lipinski definition) is 7. The number of esters is 2. The minimum atomic E-state index is -1.40. The van der Waals surface area contributed by atoms with Crippen LogP contribution in [0.3, 0.4) is 0 Å². The van der Waals surface area contributed by atoms with E-state index in [4.69, 9.17) is 15.2 Å². The summed E-state index contributed by atoms with van der Waals surface area (Å²) in [5.74, 6) is -1.29. The Bertz CT molecular complexity index is 661. The van der Waals surface area contributed by atoms with Crippen molar-refractivity contribution >= 4 is 23.8 Å². The third-order valence-corrected chi connectivity index (χ3v) is 3.35. The molecule has 28 heavy (non-hydrogen) atoms. The molecule has 0 bridgehead atoms. The molecule has 1 aliphatic carbocycles. The van der Waals surface area contributed by atoms with Crippen molar-refractivity contribution in [2.24, 2.45) is 11.1 Å². The Morgan fingerprint density at radius 2 is 1.57 bits per heavy atom. The Morgan fingerprint density at radius 3 is 1.89 bits per heavy atom. The molecule has 0 aliphatic heterocycles. The van der Waals surface area contributed by atoms with Gasteiger partial charge in [-0.1, -0.05) is 32.6 Å². The molecular formula is C20H29NO7. The standard InChI is InChI=1S/C11H15NO6.C9H14O/c1-6(2)9(13)17-8(5-16-11(12)15)18-10(14)7(3)4;1-7-4-8(10)6-9(2,3)5-7/h8H,1,3,5H2,2,4H3,(H2,12,15);4H,5-6H2,1-3H3. The van der Waals surface area contributed by atoms with Crippen LogP contribution in [0.4, 0.5) is 4.79 Å². The number of amides is 1. The lowest BCUT2D eigenvalue weighted by Gasteiger charge is -2.27. The number of primary amides is 1. The molecule has 0 atom stereocenters. The number of allylic oxidation sites excluding steroid dienone is 2. The molecule has 0 spiro atoms. The maximum absolute atomic E-state index is 11.2. The fraction of sp³-hybridized carbons (Fsp3) is 0.500. The molecule has 8 nitrogen and oxygen atoms in total. The smallest absolute Gasteiger partial charge is 0.404 e. The van der Waals surface area contributed by atoms with Gasteiger partial charge in [-0.25, -0.2) is 14.4 Å². The summed E-state index contributed by atoms with van der Waals surface area (Å²) in [6, 6.07) is 0. The van der Waals surface area contributed by atoms with Crippen molar-refractivity contribution in [2.75, 3.05) is 6.61 Å². The summed E-state index contributed by atoms with van der Waals surface area (Å²) in [6.07, 6.45) is 1.07. The molecule has 0 saturated carbocycles. The molecule has 0 saturated heterocycles. The van der Waals surface area contributed by atoms with Gasteiger partial charge in [0.05, 0.1) is 0 Å². The van der Waals surface area contributed by atoms with Crippen LogP contribution in [0.5, 0.6) is 0 Å².